The SMILES string of the molecule is Bc1cccc(Cn2cc(C(=O)c3ccc(OC)cc3)c(=O)c3ccccc32)n1. The highest BCUT2D eigenvalue weighted by Gasteiger charge is 2.17. The summed E-state index contributed by atoms with van der Waals surface area (Å²) in [5.74, 6) is 0.345. The summed E-state index contributed by atoms with van der Waals surface area (Å²) >= 11 is 0. The van der Waals surface area contributed by atoms with Crippen molar-refractivity contribution in [3.63, 3.8) is 0 Å². The third-order valence-corrected chi connectivity index (χ3v) is 4.86. The molecule has 0 N–H and O–H groups in total. The van der Waals surface area contributed by atoms with Gasteiger partial charge in [0.15, 0.2) is 13.6 Å². The number of ether oxygens (including phenoxy) is 1. The van der Waals surface area contributed by atoms with Crippen molar-refractivity contribution in [3.05, 3.63) is 100.0 Å². The number of carbonyl (C=O) groups excluding carboxylic acids is 1. The first kappa shape index (κ1) is 18.7. The van der Waals surface area contributed by atoms with Crippen LogP contribution in [-0.4, -0.2) is 30.3 Å². The molecule has 0 amide bonds. The lowest BCUT2D eigenvalue weighted by molar-refractivity contribution is 0.103. The van der Waals surface area contributed by atoms with Crippen LogP contribution in [0.2, 0.25) is 0 Å². The normalized spacial score (nSPS) is 10.8. The summed E-state index contributed by atoms with van der Waals surface area (Å²) in [5, 5.41) is 0.513. The lowest BCUT2D eigenvalue weighted by Crippen LogP contribution is -2.21. The number of nitrogens with zero attached hydrogens (tertiary/aromatic N) is 2. The topological polar surface area (TPSA) is 61.2 Å². The van der Waals surface area contributed by atoms with Gasteiger partial charge in [-0.25, -0.2) is 0 Å². The van der Waals surface area contributed by atoms with E-state index in [2.05, 4.69) is 4.98 Å². The van der Waals surface area contributed by atoms with Crippen molar-refractivity contribution in [1.29, 1.82) is 0 Å². The van der Waals surface area contributed by atoms with E-state index in [9.17, 15) is 9.59 Å². The molecule has 0 radical (unpaired) electrons. The first-order valence-corrected chi connectivity index (χ1v) is 9.30. The second kappa shape index (κ2) is 7.76. The van der Waals surface area contributed by atoms with Crippen molar-refractivity contribution in [2.24, 2.45) is 0 Å². The average molecular weight is 382 g/mol. The molecule has 0 aliphatic rings. The number of aromatic nitrogens is 2. The van der Waals surface area contributed by atoms with Crippen LogP contribution in [0.15, 0.2) is 77.7 Å². The molecule has 0 saturated carbocycles. The van der Waals surface area contributed by atoms with Crippen LogP contribution < -0.4 is 15.8 Å². The van der Waals surface area contributed by atoms with Gasteiger partial charge in [0, 0.05) is 17.1 Å². The Balaban J connectivity index is 1.84. The van der Waals surface area contributed by atoms with Crippen molar-refractivity contribution < 1.29 is 9.53 Å². The van der Waals surface area contributed by atoms with Gasteiger partial charge in [-0.3, -0.25) is 14.6 Å². The molecule has 5 nitrogen and oxygen atoms in total. The highest BCUT2D eigenvalue weighted by molar-refractivity contribution is 6.30. The lowest BCUT2D eigenvalue weighted by Gasteiger charge is -2.13. The van der Waals surface area contributed by atoms with Crippen LogP contribution in [0.5, 0.6) is 5.75 Å². The Kier molecular flexibility index (Phi) is 5.00. The molecule has 2 aromatic carbocycles. The number of para-hydroxylation sites is 1. The predicted molar refractivity (Wildman–Crippen MR) is 116 cm³/mol. The van der Waals surface area contributed by atoms with Crippen LogP contribution in [0.4, 0.5) is 0 Å². The van der Waals surface area contributed by atoms with Gasteiger partial charge in [0.05, 0.1) is 30.4 Å². The predicted octanol–water partition coefficient (Wildman–Crippen LogP) is 1.94. The standard InChI is InChI=1S/C23H19BN2O3/c1-29-17-11-9-15(10-12-17)22(27)19-14-26(13-16-5-4-8-21(24)25-16)20-7-3-2-6-18(20)23(19)28/h2-12,14H,13,24H2,1H3. The van der Waals surface area contributed by atoms with E-state index in [0.29, 0.717) is 23.2 Å². The fraction of sp³-hybridized carbons (Fsp3) is 0.0870. The molecule has 0 aliphatic carbocycles. The molecular formula is C23H19BN2O3. The summed E-state index contributed by atoms with van der Waals surface area (Å²) in [6.07, 6.45) is 1.64. The lowest BCUT2D eigenvalue weighted by atomic mass is 10.0. The van der Waals surface area contributed by atoms with Crippen LogP contribution in [0.25, 0.3) is 10.9 Å². The molecule has 2 heterocycles. The Morgan fingerprint density at radius 1 is 1.03 bits per heavy atom. The monoisotopic (exact) mass is 382 g/mol. The van der Waals surface area contributed by atoms with Crippen LogP contribution in [0.1, 0.15) is 21.6 Å². The summed E-state index contributed by atoms with van der Waals surface area (Å²) in [5.41, 5.74) is 2.87. The maximum Gasteiger partial charge on any atom is 0.200 e. The fourth-order valence-electron chi connectivity index (χ4n) is 3.40. The van der Waals surface area contributed by atoms with Crippen LogP contribution >= 0.6 is 0 Å². The van der Waals surface area contributed by atoms with E-state index in [1.165, 1.54) is 0 Å². The fourth-order valence-corrected chi connectivity index (χ4v) is 3.40. The van der Waals surface area contributed by atoms with E-state index in [1.54, 1.807) is 49.7 Å². The van der Waals surface area contributed by atoms with Crippen molar-refractivity contribution in [1.82, 2.24) is 9.55 Å². The summed E-state index contributed by atoms with van der Waals surface area (Å²) in [6, 6.07) is 19.9. The van der Waals surface area contributed by atoms with E-state index in [1.807, 2.05) is 42.7 Å². The molecule has 4 aromatic rings. The molecule has 0 atom stereocenters. The molecule has 142 valence electrons. The molecule has 0 aliphatic heterocycles. The molecule has 0 bridgehead atoms. The van der Waals surface area contributed by atoms with Gasteiger partial charge in [0.25, 0.3) is 0 Å². The Labute approximate surface area is 169 Å². The first-order valence-electron chi connectivity index (χ1n) is 9.30. The summed E-state index contributed by atoms with van der Waals surface area (Å²) in [6.45, 7) is 0.464. The van der Waals surface area contributed by atoms with Crippen molar-refractivity contribution >= 4 is 30.1 Å². The van der Waals surface area contributed by atoms with Crippen LogP contribution in [0, 0.1) is 0 Å². The number of hydrogen-bond donors (Lipinski definition) is 0. The smallest absolute Gasteiger partial charge is 0.200 e. The Bertz CT molecular complexity index is 1260. The quantitative estimate of drug-likeness (QED) is 0.391. The Morgan fingerprint density at radius 2 is 1.79 bits per heavy atom. The molecule has 29 heavy (non-hydrogen) atoms. The Hall–Kier alpha value is -3.67. The number of fused-ring (bicyclic) bond motifs is 1. The molecule has 4 rings (SSSR count). The minimum atomic E-state index is -0.311. The van der Waals surface area contributed by atoms with E-state index < -0.39 is 0 Å². The van der Waals surface area contributed by atoms with Crippen LogP contribution in [-0.2, 0) is 6.54 Å². The summed E-state index contributed by atoms with van der Waals surface area (Å²) in [4.78, 5) is 30.7. The molecule has 0 fully saturated rings. The van der Waals surface area contributed by atoms with Gasteiger partial charge in [-0.05, 0) is 48.1 Å². The molecule has 2 aromatic heterocycles. The maximum atomic E-state index is 13.1. The zero-order valence-corrected chi connectivity index (χ0v) is 16.3. The number of hydrogen-bond acceptors (Lipinski definition) is 4. The highest BCUT2D eigenvalue weighted by Crippen LogP contribution is 2.17. The molecule has 0 spiro atoms. The number of ketones is 1. The highest BCUT2D eigenvalue weighted by atomic mass is 16.5. The van der Waals surface area contributed by atoms with Crippen molar-refractivity contribution in [3.8, 4) is 5.75 Å². The van der Waals surface area contributed by atoms with E-state index in [0.717, 1.165) is 16.8 Å². The number of rotatable bonds is 5. The minimum Gasteiger partial charge on any atom is -0.497 e. The Morgan fingerprint density at radius 3 is 2.52 bits per heavy atom. The number of methoxy groups -OCH3 is 1. The van der Waals surface area contributed by atoms with E-state index in [4.69, 9.17) is 4.74 Å². The summed E-state index contributed by atoms with van der Waals surface area (Å²) in [7, 11) is 3.50. The zero-order chi connectivity index (χ0) is 20.4. The van der Waals surface area contributed by atoms with Crippen molar-refractivity contribution in [2.75, 3.05) is 7.11 Å². The van der Waals surface area contributed by atoms with Crippen LogP contribution in [0.3, 0.4) is 0 Å². The minimum absolute atomic E-state index is 0.140. The third-order valence-electron chi connectivity index (χ3n) is 4.86. The maximum absolute atomic E-state index is 13.1. The summed E-state index contributed by atoms with van der Waals surface area (Å²) < 4.78 is 7.06. The van der Waals surface area contributed by atoms with Gasteiger partial charge < -0.3 is 9.30 Å². The van der Waals surface area contributed by atoms with E-state index >= 15 is 0 Å². The second-order valence-electron chi connectivity index (χ2n) is 6.84. The van der Waals surface area contributed by atoms with Gasteiger partial charge >= 0.3 is 0 Å². The largest absolute Gasteiger partial charge is 0.497 e. The number of benzene rings is 2. The second-order valence-corrected chi connectivity index (χ2v) is 6.84. The van der Waals surface area contributed by atoms with Gasteiger partial charge in [-0.2, -0.15) is 0 Å². The van der Waals surface area contributed by atoms with Gasteiger partial charge in [-0.1, -0.05) is 24.3 Å². The van der Waals surface area contributed by atoms with Gasteiger partial charge in [0.2, 0.25) is 5.43 Å². The molecule has 0 unspecified atom stereocenters. The zero-order valence-electron chi connectivity index (χ0n) is 16.3. The third kappa shape index (κ3) is 3.69. The van der Waals surface area contributed by atoms with Gasteiger partial charge in [0.1, 0.15) is 5.75 Å². The molecule has 0 saturated heterocycles. The first-order chi connectivity index (χ1) is 14.1. The number of pyridine rings is 2. The molecule has 6 heteroatoms. The van der Waals surface area contributed by atoms with Gasteiger partial charge in [-0.15, -0.1) is 0 Å². The average Bonchev–Trinajstić information content (AvgIpc) is 2.75. The number of carbonyl (C=O) groups is 1. The van der Waals surface area contributed by atoms with Crippen molar-refractivity contribution in [2.45, 2.75) is 6.54 Å². The molecular weight excluding hydrogens is 363 g/mol. The van der Waals surface area contributed by atoms with E-state index in [-0.39, 0.29) is 16.8 Å².